The summed E-state index contributed by atoms with van der Waals surface area (Å²) in [5, 5.41) is 11.5. The van der Waals surface area contributed by atoms with Gasteiger partial charge in [0.15, 0.2) is 6.61 Å². The third-order valence-corrected chi connectivity index (χ3v) is 5.24. The highest BCUT2D eigenvalue weighted by atomic mass is 35.5. The van der Waals surface area contributed by atoms with Crippen LogP contribution in [-0.4, -0.2) is 57.5 Å². The number of aliphatic hydroxyl groups is 1. The van der Waals surface area contributed by atoms with Gasteiger partial charge in [-0.3, -0.25) is 14.6 Å². The molecule has 32 heavy (non-hydrogen) atoms. The number of alkyl halides is 2. The molecule has 3 rings (SSSR count). The second-order valence-corrected chi connectivity index (χ2v) is 7.96. The predicted molar refractivity (Wildman–Crippen MR) is 112 cm³/mol. The van der Waals surface area contributed by atoms with E-state index in [0.29, 0.717) is 22.4 Å². The lowest BCUT2D eigenvalue weighted by Crippen LogP contribution is -2.29. The van der Waals surface area contributed by atoms with Gasteiger partial charge in [-0.15, -0.1) is 0 Å². The molecule has 3 heterocycles. The number of fused-ring (bicyclic) bond motifs is 1. The highest BCUT2D eigenvalue weighted by Crippen LogP contribution is 2.34. The van der Waals surface area contributed by atoms with Crippen LogP contribution in [0.25, 0.3) is 0 Å². The topological polar surface area (TPSA) is 105 Å². The number of aromatic nitrogens is 2. The van der Waals surface area contributed by atoms with Gasteiger partial charge in [-0.2, -0.15) is 0 Å². The van der Waals surface area contributed by atoms with Gasteiger partial charge >= 0.3 is 0 Å². The van der Waals surface area contributed by atoms with Crippen molar-refractivity contribution in [2.45, 2.75) is 38.8 Å². The minimum atomic E-state index is -3.02. The Labute approximate surface area is 188 Å². The average Bonchev–Trinajstić information content (AvgIpc) is 3.08. The van der Waals surface area contributed by atoms with E-state index in [9.17, 15) is 18.4 Å². The molecule has 1 atom stereocenters. The first-order chi connectivity index (χ1) is 15.1. The molecule has 0 fully saturated rings. The normalized spacial score (nSPS) is 14.3. The van der Waals surface area contributed by atoms with Gasteiger partial charge in [-0.05, 0) is 24.6 Å². The Bertz CT molecular complexity index is 1020. The number of hydrogen-bond acceptors (Lipinski definition) is 6. The van der Waals surface area contributed by atoms with E-state index in [1.807, 2.05) is 0 Å². The summed E-state index contributed by atoms with van der Waals surface area (Å²) in [6.07, 6.45) is 2.89. The van der Waals surface area contributed by atoms with Gasteiger partial charge in [0.1, 0.15) is 5.02 Å². The number of amides is 2. The van der Waals surface area contributed by atoms with Crippen LogP contribution in [0, 0.1) is 0 Å². The SMILES string of the molecule is CC(c1cnc(OCC(C)(F)F)c(Cl)c1)N1Cc2c(ccnc2CC(=O)NCCO)C1=O. The van der Waals surface area contributed by atoms with Crippen molar-refractivity contribution in [2.75, 3.05) is 19.8 Å². The quantitative estimate of drug-likeness (QED) is 0.586. The molecule has 2 N–H and O–H groups in total. The minimum Gasteiger partial charge on any atom is -0.470 e. The van der Waals surface area contributed by atoms with E-state index in [2.05, 4.69) is 15.3 Å². The van der Waals surface area contributed by atoms with E-state index in [1.165, 1.54) is 18.5 Å². The van der Waals surface area contributed by atoms with Crippen molar-refractivity contribution in [1.82, 2.24) is 20.2 Å². The molecule has 11 heteroatoms. The number of aliphatic hydroxyl groups excluding tert-OH is 1. The van der Waals surface area contributed by atoms with Crippen molar-refractivity contribution >= 4 is 23.4 Å². The molecule has 172 valence electrons. The Kier molecular flexibility index (Phi) is 7.25. The van der Waals surface area contributed by atoms with Crippen LogP contribution < -0.4 is 10.1 Å². The van der Waals surface area contributed by atoms with Crippen LogP contribution in [0.1, 0.15) is 47.1 Å². The molecule has 1 unspecified atom stereocenters. The smallest absolute Gasteiger partial charge is 0.278 e. The van der Waals surface area contributed by atoms with Crippen LogP contribution in [0.2, 0.25) is 5.02 Å². The molecule has 0 saturated carbocycles. The van der Waals surface area contributed by atoms with Crippen LogP contribution in [0.5, 0.6) is 5.88 Å². The van der Waals surface area contributed by atoms with Crippen molar-refractivity contribution in [2.24, 2.45) is 0 Å². The molecule has 1 aliphatic rings. The van der Waals surface area contributed by atoms with Gasteiger partial charge in [0, 0.05) is 43.5 Å². The first-order valence-electron chi connectivity index (χ1n) is 9.92. The molecular formula is C21H23ClF2N4O4. The highest BCUT2D eigenvalue weighted by Gasteiger charge is 2.34. The van der Waals surface area contributed by atoms with Crippen molar-refractivity contribution in [3.05, 3.63) is 51.9 Å². The standard InChI is InChI=1S/C21H23ClF2N4O4/c1-12(13-7-16(22)19(27-9-13)32-11-21(2,23)24)28-10-15-14(20(28)31)3-4-25-17(15)8-18(30)26-5-6-29/h3-4,7,9,12,29H,5-6,8,10-11H2,1-2H3,(H,26,30). The number of carbonyl (C=O) groups excluding carboxylic acids is 2. The molecule has 0 saturated heterocycles. The zero-order valence-electron chi connectivity index (χ0n) is 17.6. The molecule has 2 aromatic rings. The number of hydrogen-bond donors (Lipinski definition) is 2. The molecule has 1 aliphatic heterocycles. The molecule has 2 amide bonds. The van der Waals surface area contributed by atoms with Crippen molar-refractivity contribution in [1.29, 1.82) is 0 Å². The number of halogens is 3. The van der Waals surface area contributed by atoms with Gasteiger partial charge < -0.3 is 20.1 Å². The summed E-state index contributed by atoms with van der Waals surface area (Å²) in [5.41, 5.74) is 2.21. The molecule has 0 radical (unpaired) electrons. The van der Waals surface area contributed by atoms with E-state index < -0.39 is 18.6 Å². The van der Waals surface area contributed by atoms with Crippen LogP contribution in [0.4, 0.5) is 8.78 Å². The number of pyridine rings is 2. The van der Waals surface area contributed by atoms with E-state index in [4.69, 9.17) is 21.4 Å². The third-order valence-electron chi connectivity index (χ3n) is 4.97. The molecule has 0 spiro atoms. The molecule has 0 aromatic carbocycles. The highest BCUT2D eigenvalue weighted by molar-refractivity contribution is 6.31. The van der Waals surface area contributed by atoms with Gasteiger partial charge in [0.25, 0.3) is 11.8 Å². The lowest BCUT2D eigenvalue weighted by Gasteiger charge is -2.25. The summed E-state index contributed by atoms with van der Waals surface area (Å²) in [5.74, 6) is -3.66. The van der Waals surface area contributed by atoms with Crippen LogP contribution in [-0.2, 0) is 17.8 Å². The lowest BCUT2D eigenvalue weighted by molar-refractivity contribution is -0.120. The van der Waals surface area contributed by atoms with E-state index >= 15 is 0 Å². The maximum Gasteiger partial charge on any atom is 0.278 e. The van der Waals surface area contributed by atoms with Crippen molar-refractivity contribution in [3.8, 4) is 5.88 Å². The van der Waals surface area contributed by atoms with Gasteiger partial charge in [-0.25, -0.2) is 13.8 Å². The molecule has 8 nitrogen and oxygen atoms in total. The van der Waals surface area contributed by atoms with E-state index in [1.54, 1.807) is 17.9 Å². The molecular weight excluding hydrogens is 446 g/mol. The van der Waals surface area contributed by atoms with Crippen molar-refractivity contribution in [3.63, 3.8) is 0 Å². The summed E-state index contributed by atoms with van der Waals surface area (Å²) in [6.45, 7) is 1.88. The fraction of sp³-hybridized carbons (Fsp3) is 0.429. The number of carbonyl (C=O) groups is 2. The van der Waals surface area contributed by atoms with Gasteiger partial charge in [0.05, 0.1) is 24.8 Å². The zero-order valence-corrected chi connectivity index (χ0v) is 18.3. The Balaban J connectivity index is 1.76. The molecule has 2 aromatic heterocycles. The first-order valence-corrected chi connectivity index (χ1v) is 10.3. The van der Waals surface area contributed by atoms with E-state index in [0.717, 1.165) is 6.92 Å². The maximum atomic E-state index is 13.0. The summed E-state index contributed by atoms with van der Waals surface area (Å²) >= 11 is 6.15. The summed E-state index contributed by atoms with van der Waals surface area (Å²) in [7, 11) is 0. The summed E-state index contributed by atoms with van der Waals surface area (Å²) < 4.78 is 31.0. The number of nitrogens with one attached hydrogen (secondary N) is 1. The summed E-state index contributed by atoms with van der Waals surface area (Å²) in [4.78, 5) is 34.9. The van der Waals surface area contributed by atoms with Gasteiger partial charge in [0.2, 0.25) is 11.8 Å². The largest absolute Gasteiger partial charge is 0.470 e. The minimum absolute atomic E-state index is 0.0137. The van der Waals surface area contributed by atoms with Crippen LogP contribution in [0.3, 0.4) is 0 Å². The monoisotopic (exact) mass is 468 g/mol. The number of rotatable bonds is 9. The summed E-state index contributed by atoms with van der Waals surface area (Å²) in [6, 6.07) is 2.70. The fourth-order valence-electron chi connectivity index (χ4n) is 3.33. The predicted octanol–water partition coefficient (Wildman–Crippen LogP) is 2.53. The van der Waals surface area contributed by atoms with Crippen molar-refractivity contribution < 1.29 is 28.2 Å². The Morgan fingerprint density at radius 1 is 1.44 bits per heavy atom. The Hall–Kier alpha value is -2.85. The average molecular weight is 469 g/mol. The number of ether oxygens (including phenoxy) is 1. The molecule has 0 aliphatic carbocycles. The second kappa shape index (κ2) is 9.74. The fourth-order valence-corrected chi connectivity index (χ4v) is 3.56. The first kappa shape index (κ1) is 23.8. The zero-order chi connectivity index (χ0) is 23.5. The van der Waals surface area contributed by atoms with Crippen LogP contribution >= 0.6 is 11.6 Å². The van der Waals surface area contributed by atoms with Gasteiger partial charge in [-0.1, -0.05) is 11.6 Å². The number of nitrogens with zero attached hydrogens (tertiary/aromatic N) is 3. The maximum absolute atomic E-state index is 13.0. The third kappa shape index (κ3) is 5.49. The van der Waals surface area contributed by atoms with E-state index in [-0.39, 0.29) is 48.8 Å². The lowest BCUT2D eigenvalue weighted by atomic mass is 10.1. The second-order valence-electron chi connectivity index (χ2n) is 7.56. The van der Waals surface area contributed by atoms with Crippen LogP contribution in [0.15, 0.2) is 24.5 Å². The Morgan fingerprint density at radius 2 is 2.19 bits per heavy atom. The Morgan fingerprint density at radius 3 is 2.84 bits per heavy atom. The molecule has 0 bridgehead atoms.